The van der Waals surface area contributed by atoms with Crippen molar-refractivity contribution in [1.82, 2.24) is 4.90 Å². The summed E-state index contributed by atoms with van der Waals surface area (Å²) >= 11 is 4.63. The molecule has 4 rings (SSSR count). The summed E-state index contributed by atoms with van der Waals surface area (Å²) in [7, 11) is 0. The largest absolute Gasteiger partial charge is 0.467 e. The lowest BCUT2D eigenvalue weighted by molar-refractivity contribution is -0.142. The van der Waals surface area contributed by atoms with E-state index in [1.54, 1.807) is 17.0 Å². The zero-order valence-corrected chi connectivity index (χ0v) is 17.1. The van der Waals surface area contributed by atoms with Crippen LogP contribution in [-0.2, 0) is 14.3 Å². The van der Waals surface area contributed by atoms with Crippen LogP contribution < -0.4 is 15.5 Å². The lowest BCUT2D eigenvalue weighted by atomic mass is 10.2. The number of cyclic esters (lactones) is 1. The first-order valence-electron chi connectivity index (χ1n) is 9.73. The van der Waals surface area contributed by atoms with Crippen LogP contribution in [0.1, 0.15) is 12.8 Å². The fraction of sp³-hybridized carbons (Fsp3) is 0.526. The maximum absolute atomic E-state index is 14.8. The Hall–Kier alpha value is -2.66. The van der Waals surface area contributed by atoms with Gasteiger partial charge in [0.05, 0.1) is 17.9 Å². The smallest absolute Gasteiger partial charge is 0.414 e. The zero-order valence-electron chi connectivity index (χ0n) is 16.3. The number of carbonyl (C=O) groups excluding carboxylic acids is 2. The lowest BCUT2D eigenvalue weighted by Crippen LogP contribution is -2.52. The van der Waals surface area contributed by atoms with Crippen molar-refractivity contribution in [3.05, 3.63) is 24.0 Å². The number of thiocarbonyl (C=S) groups is 1. The highest BCUT2D eigenvalue weighted by molar-refractivity contribution is 7.80. The van der Waals surface area contributed by atoms with Gasteiger partial charge >= 0.3 is 6.09 Å². The predicted molar refractivity (Wildman–Crippen MR) is 110 cm³/mol. The van der Waals surface area contributed by atoms with E-state index >= 15 is 0 Å². The Morgan fingerprint density at radius 2 is 2.03 bits per heavy atom. The van der Waals surface area contributed by atoms with Gasteiger partial charge in [-0.3, -0.25) is 9.69 Å². The molecule has 9 nitrogen and oxygen atoms in total. The molecule has 1 atom stereocenters. The minimum absolute atomic E-state index is 0.0380. The quantitative estimate of drug-likeness (QED) is 0.643. The molecule has 3 aliphatic rings. The number of carbonyl (C=O) groups is 2. The fourth-order valence-corrected chi connectivity index (χ4v) is 3.76. The van der Waals surface area contributed by atoms with Crippen LogP contribution in [0.4, 0.5) is 20.6 Å². The van der Waals surface area contributed by atoms with Gasteiger partial charge in [-0.2, -0.15) is 0 Å². The molecule has 2 saturated heterocycles. The number of hydrogen-bond acceptors (Lipinski definition) is 7. The fourth-order valence-electron chi connectivity index (χ4n) is 3.69. The number of halogens is 1. The molecular weight excluding hydrogens is 415 g/mol. The molecule has 162 valence electrons. The van der Waals surface area contributed by atoms with Crippen LogP contribution >= 0.6 is 12.2 Å². The van der Waals surface area contributed by atoms with Crippen LogP contribution in [0.3, 0.4) is 0 Å². The molecule has 1 unspecified atom stereocenters. The van der Waals surface area contributed by atoms with Crippen LogP contribution in [0.15, 0.2) is 18.2 Å². The van der Waals surface area contributed by atoms with Crippen molar-refractivity contribution in [3.8, 4) is 0 Å². The summed E-state index contributed by atoms with van der Waals surface area (Å²) in [6.07, 6.45) is -0.127. The highest BCUT2D eigenvalue weighted by Crippen LogP contribution is 2.37. The molecule has 0 aromatic heterocycles. The van der Waals surface area contributed by atoms with Crippen molar-refractivity contribution in [2.75, 3.05) is 49.1 Å². The first kappa shape index (κ1) is 20.6. The van der Waals surface area contributed by atoms with Gasteiger partial charge in [-0.15, -0.1) is 0 Å². The van der Waals surface area contributed by atoms with E-state index in [1.165, 1.54) is 11.0 Å². The summed E-state index contributed by atoms with van der Waals surface area (Å²) in [4.78, 5) is 29.1. The molecule has 1 saturated carbocycles. The highest BCUT2D eigenvalue weighted by atomic mass is 32.1. The van der Waals surface area contributed by atoms with Gasteiger partial charge < -0.3 is 30.1 Å². The monoisotopic (exact) mass is 438 g/mol. The average molecular weight is 438 g/mol. The Labute approximate surface area is 178 Å². The summed E-state index contributed by atoms with van der Waals surface area (Å²) in [5.74, 6) is -0.705. The van der Waals surface area contributed by atoms with Crippen molar-refractivity contribution in [3.63, 3.8) is 0 Å². The van der Waals surface area contributed by atoms with Crippen molar-refractivity contribution >= 4 is 40.8 Å². The first-order valence-corrected chi connectivity index (χ1v) is 10.1. The second kappa shape index (κ2) is 7.88. The number of hydrogen-bond donors (Lipinski definition) is 2. The minimum atomic E-state index is -1.18. The van der Waals surface area contributed by atoms with E-state index in [9.17, 15) is 19.1 Å². The third kappa shape index (κ3) is 4.12. The Kier molecular flexibility index (Phi) is 5.41. The summed E-state index contributed by atoms with van der Waals surface area (Å²) in [6.45, 7) is 2.00. The van der Waals surface area contributed by atoms with E-state index in [1.807, 2.05) is 4.90 Å². The number of benzene rings is 1. The SMILES string of the molecule is NC(=S)OCC1CN(c2ccc(N3CCN(C(=O)C4(O)CC4)CC3)c(F)c2)C(=O)O1. The predicted octanol–water partition coefficient (Wildman–Crippen LogP) is 0.585. The molecule has 1 aromatic carbocycles. The van der Waals surface area contributed by atoms with E-state index < -0.39 is 23.6 Å². The van der Waals surface area contributed by atoms with Gasteiger partial charge in [-0.1, -0.05) is 0 Å². The number of anilines is 2. The lowest BCUT2D eigenvalue weighted by Gasteiger charge is -2.37. The van der Waals surface area contributed by atoms with Gasteiger partial charge in [0, 0.05) is 26.2 Å². The zero-order chi connectivity index (χ0) is 21.5. The van der Waals surface area contributed by atoms with Crippen LogP contribution in [0.5, 0.6) is 0 Å². The Balaban J connectivity index is 1.37. The molecule has 0 radical (unpaired) electrons. The van der Waals surface area contributed by atoms with Crippen LogP contribution in [0.25, 0.3) is 0 Å². The van der Waals surface area contributed by atoms with Crippen molar-refractivity contribution in [2.24, 2.45) is 5.73 Å². The number of ether oxygens (including phenoxy) is 2. The van der Waals surface area contributed by atoms with Crippen LogP contribution in [-0.4, -0.2) is 78.2 Å². The van der Waals surface area contributed by atoms with Crippen LogP contribution in [0.2, 0.25) is 0 Å². The number of nitrogens with two attached hydrogens (primary N) is 1. The first-order chi connectivity index (χ1) is 14.3. The Morgan fingerprint density at radius 3 is 2.63 bits per heavy atom. The van der Waals surface area contributed by atoms with E-state index in [-0.39, 0.29) is 24.2 Å². The van der Waals surface area contributed by atoms with Gasteiger partial charge in [0.25, 0.3) is 11.1 Å². The van der Waals surface area contributed by atoms with Gasteiger partial charge in [-0.25, -0.2) is 9.18 Å². The van der Waals surface area contributed by atoms with E-state index in [4.69, 9.17) is 15.2 Å². The van der Waals surface area contributed by atoms with Crippen molar-refractivity contribution in [1.29, 1.82) is 0 Å². The molecule has 1 aromatic rings. The molecule has 3 N–H and O–H groups in total. The third-order valence-corrected chi connectivity index (χ3v) is 5.68. The van der Waals surface area contributed by atoms with Gasteiger partial charge in [0.15, 0.2) is 6.10 Å². The van der Waals surface area contributed by atoms with E-state index in [0.717, 1.165) is 0 Å². The number of rotatable bonds is 5. The summed E-state index contributed by atoms with van der Waals surface area (Å²) < 4.78 is 25.0. The summed E-state index contributed by atoms with van der Waals surface area (Å²) in [5, 5.41) is 9.85. The Bertz CT molecular complexity index is 872. The number of amides is 2. The average Bonchev–Trinajstić information content (AvgIpc) is 3.36. The number of piperazine rings is 1. The summed E-state index contributed by atoms with van der Waals surface area (Å²) in [6, 6.07) is 4.56. The minimum Gasteiger partial charge on any atom is -0.467 e. The molecule has 11 heteroatoms. The van der Waals surface area contributed by atoms with Crippen molar-refractivity contribution in [2.45, 2.75) is 24.5 Å². The van der Waals surface area contributed by atoms with Gasteiger partial charge in [0.1, 0.15) is 18.0 Å². The standard InChI is InChI=1S/C19H23FN4O5S/c20-14-9-12(24-10-13(29-18(24)26)11-28-17(21)30)1-2-15(14)22-5-7-23(8-6-22)16(25)19(27)3-4-19/h1-2,9,13,27H,3-8,10-11H2,(H2,21,30). The molecule has 0 bridgehead atoms. The maximum atomic E-state index is 14.8. The second-order valence-corrected chi connectivity index (χ2v) is 8.10. The molecule has 1 aliphatic carbocycles. The number of nitrogens with zero attached hydrogens (tertiary/aromatic N) is 3. The Morgan fingerprint density at radius 1 is 1.33 bits per heavy atom. The van der Waals surface area contributed by atoms with Crippen molar-refractivity contribution < 1.29 is 28.6 Å². The molecule has 2 aliphatic heterocycles. The van der Waals surface area contributed by atoms with E-state index in [0.29, 0.717) is 50.4 Å². The topological polar surface area (TPSA) is 109 Å². The molecule has 2 heterocycles. The maximum Gasteiger partial charge on any atom is 0.414 e. The summed E-state index contributed by atoms with van der Waals surface area (Å²) in [5.41, 5.74) is 4.87. The normalized spacial score (nSPS) is 22.7. The molecular formula is C19H23FN4O5S. The second-order valence-electron chi connectivity index (χ2n) is 7.69. The number of aliphatic hydroxyl groups is 1. The van der Waals surface area contributed by atoms with Gasteiger partial charge in [0.2, 0.25) is 0 Å². The molecule has 0 spiro atoms. The van der Waals surface area contributed by atoms with Gasteiger partial charge in [-0.05, 0) is 43.3 Å². The highest BCUT2D eigenvalue weighted by Gasteiger charge is 2.50. The van der Waals surface area contributed by atoms with E-state index in [2.05, 4.69) is 12.2 Å². The third-order valence-electron chi connectivity index (χ3n) is 5.56. The molecule has 3 fully saturated rings. The molecule has 30 heavy (non-hydrogen) atoms. The molecule has 2 amide bonds. The van der Waals surface area contributed by atoms with Crippen LogP contribution in [0, 0.1) is 5.82 Å².